The fourth-order valence-corrected chi connectivity index (χ4v) is 1.35. The fraction of sp³-hybridized carbons (Fsp3) is 0.636. The highest BCUT2D eigenvalue weighted by molar-refractivity contribution is 5.77. The lowest BCUT2D eigenvalue weighted by molar-refractivity contribution is 0.458. The van der Waals surface area contributed by atoms with Crippen LogP contribution in [-0.4, -0.2) is 28.8 Å². The Morgan fingerprint density at radius 1 is 1.62 bits per heavy atom. The fourth-order valence-electron chi connectivity index (χ4n) is 1.35. The molecule has 1 unspecified atom stereocenters. The Hall–Kier alpha value is -1.52. The number of nitrogens with zero attached hydrogens (tertiary/aromatic N) is 3. The first-order valence-electron chi connectivity index (χ1n) is 5.73. The minimum Gasteiger partial charge on any atom is -0.370 e. The maximum absolute atomic E-state index is 5.70. The molecule has 0 saturated carbocycles. The van der Waals surface area contributed by atoms with Gasteiger partial charge in [-0.3, -0.25) is 9.67 Å². The average Bonchev–Trinajstić information content (AvgIpc) is 2.76. The number of nitrogens with two attached hydrogens (primary N) is 1. The summed E-state index contributed by atoms with van der Waals surface area (Å²) >= 11 is 0. The van der Waals surface area contributed by atoms with E-state index in [1.165, 1.54) is 0 Å². The van der Waals surface area contributed by atoms with Crippen molar-refractivity contribution in [1.29, 1.82) is 0 Å². The van der Waals surface area contributed by atoms with Crippen LogP contribution < -0.4 is 11.1 Å². The number of hydrogen-bond donors (Lipinski definition) is 2. The van der Waals surface area contributed by atoms with Crippen molar-refractivity contribution in [3.8, 4) is 0 Å². The molecule has 1 rings (SSSR count). The molecule has 0 radical (unpaired) electrons. The second-order valence-electron chi connectivity index (χ2n) is 3.99. The first-order chi connectivity index (χ1) is 7.72. The Labute approximate surface area is 96.7 Å². The minimum absolute atomic E-state index is 0.432. The van der Waals surface area contributed by atoms with Gasteiger partial charge < -0.3 is 11.1 Å². The smallest absolute Gasteiger partial charge is 0.188 e. The number of guanidine groups is 1. The predicted octanol–water partition coefficient (Wildman–Crippen LogP) is 0.833. The van der Waals surface area contributed by atoms with Gasteiger partial charge in [-0.15, -0.1) is 0 Å². The molecule has 90 valence electrons. The molecule has 0 spiro atoms. The van der Waals surface area contributed by atoms with E-state index in [-0.39, 0.29) is 0 Å². The Balaban J connectivity index is 2.26. The van der Waals surface area contributed by atoms with Crippen molar-refractivity contribution < 1.29 is 0 Å². The summed E-state index contributed by atoms with van der Waals surface area (Å²) in [4.78, 5) is 4.28. The van der Waals surface area contributed by atoms with E-state index >= 15 is 0 Å². The van der Waals surface area contributed by atoms with Gasteiger partial charge in [0, 0.05) is 32.0 Å². The zero-order chi connectivity index (χ0) is 11.8. The van der Waals surface area contributed by atoms with Gasteiger partial charge in [-0.25, -0.2) is 0 Å². The van der Waals surface area contributed by atoms with Gasteiger partial charge in [0.15, 0.2) is 5.96 Å². The molecule has 5 heteroatoms. The first-order valence-corrected chi connectivity index (χ1v) is 5.73. The second kappa shape index (κ2) is 6.87. The van der Waals surface area contributed by atoms with E-state index in [0.29, 0.717) is 11.9 Å². The highest BCUT2D eigenvalue weighted by atomic mass is 15.3. The summed E-state index contributed by atoms with van der Waals surface area (Å²) in [7, 11) is 0. The van der Waals surface area contributed by atoms with Crippen molar-refractivity contribution in [2.45, 2.75) is 26.8 Å². The van der Waals surface area contributed by atoms with Crippen molar-refractivity contribution in [1.82, 2.24) is 15.1 Å². The lowest BCUT2D eigenvalue weighted by Gasteiger charge is -2.09. The normalized spacial score (nSPS) is 13.8. The van der Waals surface area contributed by atoms with E-state index in [2.05, 4.69) is 29.3 Å². The summed E-state index contributed by atoms with van der Waals surface area (Å²) in [5.74, 6) is 0.969. The topological polar surface area (TPSA) is 68.2 Å². The van der Waals surface area contributed by atoms with E-state index in [4.69, 9.17) is 5.73 Å². The standard InChI is InChI=1S/C11H21N5/c1-3-5-13-11(12)14-8-10(2)9-16-7-4-6-15-16/h4,6-7,10H,3,5,8-9H2,1-2H3,(H3,12,13,14). The minimum atomic E-state index is 0.432. The van der Waals surface area contributed by atoms with E-state index in [1.807, 2.05) is 16.9 Å². The lowest BCUT2D eigenvalue weighted by atomic mass is 10.2. The van der Waals surface area contributed by atoms with Gasteiger partial charge >= 0.3 is 0 Å². The highest BCUT2D eigenvalue weighted by Crippen LogP contribution is 1.99. The van der Waals surface area contributed by atoms with Crippen LogP contribution in [0.25, 0.3) is 0 Å². The SMILES string of the molecule is CCCNC(N)=NCC(C)Cn1cccn1. The number of hydrogen-bond acceptors (Lipinski definition) is 2. The molecule has 0 aliphatic heterocycles. The summed E-state index contributed by atoms with van der Waals surface area (Å²) in [6, 6.07) is 1.92. The van der Waals surface area contributed by atoms with Gasteiger partial charge in [-0.05, 0) is 18.4 Å². The second-order valence-corrected chi connectivity index (χ2v) is 3.99. The Kier molecular flexibility index (Phi) is 5.39. The van der Waals surface area contributed by atoms with Crippen LogP contribution in [0.15, 0.2) is 23.5 Å². The van der Waals surface area contributed by atoms with Gasteiger partial charge in [0.05, 0.1) is 0 Å². The molecule has 1 atom stereocenters. The molecule has 0 aliphatic rings. The quantitative estimate of drug-likeness (QED) is 0.554. The molecule has 3 N–H and O–H groups in total. The molecule has 0 fully saturated rings. The van der Waals surface area contributed by atoms with Crippen molar-refractivity contribution in [2.75, 3.05) is 13.1 Å². The molecular weight excluding hydrogens is 202 g/mol. The first kappa shape index (κ1) is 12.5. The molecular formula is C11H21N5. The Bertz CT molecular complexity index is 304. The van der Waals surface area contributed by atoms with Crippen LogP contribution in [0.2, 0.25) is 0 Å². The average molecular weight is 223 g/mol. The van der Waals surface area contributed by atoms with Crippen molar-refractivity contribution in [3.05, 3.63) is 18.5 Å². The Morgan fingerprint density at radius 3 is 3.06 bits per heavy atom. The summed E-state index contributed by atoms with van der Waals surface area (Å²) < 4.78 is 1.91. The molecule has 1 heterocycles. The summed E-state index contributed by atoms with van der Waals surface area (Å²) in [6.45, 7) is 6.71. The zero-order valence-corrected chi connectivity index (χ0v) is 10.1. The van der Waals surface area contributed by atoms with Gasteiger partial charge in [0.2, 0.25) is 0 Å². The van der Waals surface area contributed by atoms with Crippen LogP contribution in [0.5, 0.6) is 0 Å². The van der Waals surface area contributed by atoms with Gasteiger partial charge in [0.25, 0.3) is 0 Å². The molecule has 16 heavy (non-hydrogen) atoms. The highest BCUT2D eigenvalue weighted by Gasteiger charge is 2.02. The van der Waals surface area contributed by atoms with Crippen LogP contribution in [-0.2, 0) is 6.54 Å². The number of nitrogens with one attached hydrogen (secondary N) is 1. The Morgan fingerprint density at radius 2 is 2.44 bits per heavy atom. The third-order valence-electron chi connectivity index (χ3n) is 2.19. The van der Waals surface area contributed by atoms with E-state index in [9.17, 15) is 0 Å². The molecule has 0 saturated heterocycles. The van der Waals surface area contributed by atoms with Crippen LogP contribution in [0, 0.1) is 5.92 Å². The summed E-state index contributed by atoms with van der Waals surface area (Å²) in [5.41, 5.74) is 5.70. The lowest BCUT2D eigenvalue weighted by Crippen LogP contribution is -2.32. The number of aromatic nitrogens is 2. The van der Waals surface area contributed by atoms with E-state index in [1.54, 1.807) is 6.20 Å². The molecule has 1 aromatic heterocycles. The van der Waals surface area contributed by atoms with E-state index in [0.717, 1.165) is 26.1 Å². The molecule has 0 amide bonds. The third kappa shape index (κ3) is 4.82. The molecule has 5 nitrogen and oxygen atoms in total. The van der Waals surface area contributed by atoms with Crippen LogP contribution in [0.3, 0.4) is 0 Å². The number of rotatable bonds is 6. The van der Waals surface area contributed by atoms with Crippen LogP contribution >= 0.6 is 0 Å². The maximum atomic E-state index is 5.70. The molecule has 0 aliphatic carbocycles. The van der Waals surface area contributed by atoms with Gasteiger partial charge in [0.1, 0.15) is 0 Å². The van der Waals surface area contributed by atoms with Gasteiger partial charge in [-0.2, -0.15) is 5.10 Å². The molecule has 1 aromatic rings. The summed E-state index contributed by atoms with van der Waals surface area (Å²) in [5, 5.41) is 7.21. The zero-order valence-electron chi connectivity index (χ0n) is 10.1. The van der Waals surface area contributed by atoms with Crippen LogP contribution in [0.1, 0.15) is 20.3 Å². The number of aliphatic imine (C=N–C) groups is 1. The predicted molar refractivity (Wildman–Crippen MR) is 66.2 cm³/mol. The molecule has 0 aromatic carbocycles. The maximum Gasteiger partial charge on any atom is 0.188 e. The van der Waals surface area contributed by atoms with Crippen molar-refractivity contribution >= 4 is 5.96 Å². The monoisotopic (exact) mass is 223 g/mol. The van der Waals surface area contributed by atoms with E-state index < -0.39 is 0 Å². The molecule has 0 bridgehead atoms. The van der Waals surface area contributed by atoms with Crippen LogP contribution in [0.4, 0.5) is 0 Å². The van der Waals surface area contributed by atoms with Gasteiger partial charge in [-0.1, -0.05) is 13.8 Å². The summed E-state index contributed by atoms with van der Waals surface area (Å²) in [6.07, 6.45) is 4.80. The van der Waals surface area contributed by atoms with Crippen molar-refractivity contribution in [3.63, 3.8) is 0 Å². The third-order valence-corrected chi connectivity index (χ3v) is 2.19. The largest absolute Gasteiger partial charge is 0.370 e. The van der Waals surface area contributed by atoms with Crippen molar-refractivity contribution in [2.24, 2.45) is 16.6 Å².